The van der Waals surface area contributed by atoms with E-state index in [4.69, 9.17) is 0 Å². The Bertz CT molecular complexity index is 848. The van der Waals surface area contributed by atoms with Gasteiger partial charge in [0.25, 0.3) is 0 Å². The molecule has 0 atom stereocenters. The van der Waals surface area contributed by atoms with Crippen LogP contribution in [0, 0.1) is 0 Å². The third kappa shape index (κ3) is 2.43. The highest BCUT2D eigenvalue weighted by atomic mass is 16.2. The van der Waals surface area contributed by atoms with Crippen molar-refractivity contribution in [3.63, 3.8) is 0 Å². The summed E-state index contributed by atoms with van der Waals surface area (Å²) >= 11 is 0. The molecule has 2 aromatic heterocycles. The molecule has 8 nitrogen and oxygen atoms in total. The third-order valence-corrected chi connectivity index (χ3v) is 6.00. The molecule has 2 fully saturated rings. The van der Waals surface area contributed by atoms with Gasteiger partial charge in [0, 0.05) is 53.0 Å². The summed E-state index contributed by atoms with van der Waals surface area (Å²) in [7, 11) is 3.90. The van der Waals surface area contributed by atoms with E-state index in [9.17, 15) is 4.79 Å². The Labute approximate surface area is 153 Å². The van der Waals surface area contributed by atoms with Gasteiger partial charge in [-0.3, -0.25) is 19.2 Å². The van der Waals surface area contributed by atoms with Gasteiger partial charge in [-0.2, -0.15) is 10.2 Å². The second kappa shape index (κ2) is 5.84. The van der Waals surface area contributed by atoms with Crippen LogP contribution in [-0.4, -0.2) is 68.6 Å². The van der Waals surface area contributed by atoms with E-state index in [1.807, 2.05) is 24.1 Å². The molecule has 0 saturated carbocycles. The first-order chi connectivity index (χ1) is 12.6. The number of hydrogen-bond donors (Lipinski definition) is 0. The van der Waals surface area contributed by atoms with Gasteiger partial charge in [-0.25, -0.2) is 4.79 Å². The highest BCUT2D eigenvalue weighted by Crippen LogP contribution is 2.29. The number of urea groups is 1. The van der Waals surface area contributed by atoms with Crippen LogP contribution in [0.5, 0.6) is 0 Å². The molecule has 3 aliphatic rings. The van der Waals surface area contributed by atoms with Crippen molar-refractivity contribution in [1.29, 1.82) is 0 Å². The molecule has 2 saturated heterocycles. The molecule has 5 rings (SSSR count). The molecular formula is C18H25N7O. The van der Waals surface area contributed by atoms with Crippen molar-refractivity contribution in [3.05, 3.63) is 29.3 Å². The fraction of sp³-hybridized carbons (Fsp3) is 0.611. The average Bonchev–Trinajstić information content (AvgIpc) is 3.32. The predicted molar refractivity (Wildman–Crippen MR) is 97.1 cm³/mol. The summed E-state index contributed by atoms with van der Waals surface area (Å²) in [6, 6.07) is 0.449. The molecule has 0 radical (unpaired) electrons. The monoisotopic (exact) mass is 355 g/mol. The minimum Gasteiger partial charge on any atom is -0.326 e. The number of amides is 2. The smallest absolute Gasteiger partial charge is 0.324 e. The maximum atomic E-state index is 12.1. The second-order valence-electron chi connectivity index (χ2n) is 7.73. The molecule has 0 unspecified atom stereocenters. The molecule has 0 N–H and O–H groups in total. The Kier molecular flexibility index (Phi) is 3.56. The summed E-state index contributed by atoms with van der Waals surface area (Å²) in [4.78, 5) is 18.1. The summed E-state index contributed by atoms with van der Waals surface area (Å²) in [5.74, 6) is 0. The van der Waals surface area contributed by atoms with Crippen LogP contribution in [0.15, 0.2) is 12.4 Å². The molecular weight excluding hydrogens is 330 g/mol. The van der Waals surface area contributed by atoms with Crippen LogP contribution in [0.3, 0.4) is 0 Å². The van der Waals surface area contributed by atoms with E-state index in [1.165, 1.54) is 29.8 Å². The van der Waals surface area contributed by atoms with E-state index in [0.717, 1.165) is 44.8 Å². The molecule has 0 bridgehead atoms. The number of likely N-dealkylation sites (N-methyl/N-ethyl adjacent to an activating group) is 1. The Balaban J connectivity index is 1.22. The second-order valence-corrected chi connectivity index (χ2v) is 7.73. The lowest BCUT2D eigenvalue weighted by atomic mass is 10.1. The largest absolute Gasteiger partial charge is 0.326 e. The molecule has 2 aliphatic heterocycles. The van der Waals surface area contributed by atoms with Crippen LogP contribution in [0.1, 0.15) is 29.4 Å². The molecule has 0 aromatic carbocycles. The number of hydrogen-bond acceptors (Lipinski definition) is 4. The standard InChI is InChI=1S/C18H25N7O/c1-21-6-7-24(18(21)26)13-8-19-25(11-13)14-9-23(10-14)12-17-15-4-3-5-16(15)20-22(17)2/h8,11,14H,3-7,9-10,12H2,1-2H3. The third-order valence-electron chi connectivity index (χ3n) is 6.00. The maximum absolute atomic E-state index is 12.1. The number of aryl methyl sites for hydroxylation is 2. The van der Waals surface area contributed by atoms with Gasteiger partial charge >= 0.3 is 6.03 Å². The Morgan fingerprint density at radius 1 is 1.19 bits per heavy atom. The van der Waals surface area contributed by atoms with Gasteiger partial charge in [0.05, 0.1) is 29.3 Å². The number of carbonyl (C=O) groups is 1. The van der Waals surface area contributed by atoms with E-state index in [2.05, 4.69) is 26.8 Å². The molecule has 2 amide bonds. The van der Waals surface area contributed by atoms with Crippen molar-refractivity contribution < 1.29 is 4.79 Å². The molecule has 8 heteroatoms. The van der Waals surface area contributed by atoms with E-state index in [-0.39, 0.29) is 6.03 Å². The van der Waals surface area contributed by atoms with Crippen LogP contribution in [-0.2, 0) is 26.4 Å². The van der Waals surface area contributed by atoms with Gasteiger partial charge in [0.2, 0.25) is 0 Å². The Hall–Kier alpha value is -2.35. The van der Waals surface area contributed by atoms with Gasteiger partial charge in [-0.1, -0.05) is 0 Å². The fourth-order valence-electron chi connectivity index (χ4n) is 4.39. The lowest BCUT2D eigenvalue weighted by Crippen LogP contribution is -2.47. The quantitative estimate of drug-likeness (QED) is 0.822. The van der Waals surface area contributed by atoms with E-state index >= 15 is 0 Å². The zero-order valence-corrected chi connectivity index (χ0v) is 15.4. The number of anilines is 1. The highest BCUT2D eigenvalue weighted by molar-refractivity contribution is 5.93. The number of likely N-dealkylation sites (tertiary alicyclic amines) is 1. The zero-order chi connectivity index (χ0) is 17.8. The molecule has 2 aromatic rings. The summed E-state index contributed by atoms with van der Waals surface area (Å²) in [6.07, 6.45) is 7.38. The van der Waals surface area contributed by atoms with E-state index in [0.29, 0.717) is 6.04 Å². The maximum Gasteiger partial charge on any atom is 0.324 e. The number of rotatable bonds is 4. The number of nitrogens with zero attached hydrogens (tertiary/aromatic N) is 7. The number of fused-ring (bicyclic) bond motifs is 1. The summed E-state index contributed by atoms with van der Waals surface area (Å²) < 4.78 is 4.09. The predicted octanol–water partition coefficient (Wildman–Crippen LogP) is 1.03. The summed E-state index contributed by atoms with van der Waals surface area (Å²) in [6.45, 7) is 4.47. The van der Waals surface area contributed by atoms with E-state index in [1.54, 1.807) is 9.80 Å². The first kappa shape index (κ1) is 15.9. The topological polar surface area (TPSA) is 62.4 Å². The van der Waals surface area contributed by atoms with Crippen LogP contribution in [0.2, 0.25) is 0 Å². The average molecular weight is 355 g/mol. The van der Waals surface area contributed by atoms with Crippen LogP contribution in [0.25, 0.3) is 0 Å². The Morgan fingerprint density at radius 3 is 2.81 bits per heavy atom. The summed E-state index contributed by atoms with van der Waals surface area (Å²) in [5, 5.41) is 9.18. The van der Waals surface area contributed by atoms with Gasteiger partial charge in [0.1, 0.15) is 0 Å². The van der Waals surface area contributed by atoms with Crippen LogP contribution in [0.4, 0.5) is 10.5 Å². The van der Waals surface area contributed by atoms with Crippen molar-refractivity contribution >= 4 is 11.7 Å². The van der Waals surface area contributed by atoms with Crippen molar-refractivity contribution in [2.24, 2.45) is 7.05 Å². The minimum absolute atomic E-state index is 0.0600. The van der Waals surface area contributed by atoms with Crippen molar-refractivity contribution in [1.82, 2.24) is 29.4 Å². The number of aromatic nitrogens is 4. The van der Waals surface area contributed by atoms with Crippen LogP contribution < -0.4 is 4.90 Å². The Morgan fingerprint density at radius 2 is 2.04 bits per heavy atom. The van der Waals surface area contributed by atoms with Crippen molar-refractivity contribution in [2.75, 3.05) is 38.1 Å². The molecule has 4 heterocycles. The summed E-state index contributed by atoms with van der Waals surface area (Å²) in [5.41, 5.74) is 5.07. The van der Waals surface area contributed by atoms with Crippen molar-refractivity contribution in [3.8, 4) is 0 Å². The van der Waals surface area contributed by atoms with E-state index < -0.39 is 0 Å². The zero-order valence-electron chi connectivity index (χ0n) is 15.4. The SMILES string of the molecule is CN1CCN(c2cnn(C3CN(Cc4c5c(nn4C)CCC5)C3)c2)C1=O. The lowest BCUT2D eigenvalue weighted by molar-refractivity contribution is 0.0880. The minimum atomic E-state index is 0.0600. The van der Waals surface area contributed by atoms with Gasteiger partial charge in [-0.05, 0) is 24.8 Å². The first-order valence-electron chi connectivity index (χ1n) is 9.43. The molecule has 1 aliphatic carbocycles. The van der Waals surface area contributed by atoms with Gasteiger partial charge in [-0.15, -0.1) is 0 Å². The molecule has 138 valence electrons. The highest BCUT2D eigenvalue weighted by Gasteiger charge is 2.33. The molecule has 0 spiro atoms. The first-order valence-corrected chi connectivity index (χ1v) is 9.43. The lowest BCUT2D eigenvalue weighted by Gasteiger charge is -2.39. The number of carbonyl (C=O) groups excluding carboxylic acids is 1. The fourth-order valence-corrected chi connectivity index (χ4v) is 4.39. The van der Waals surface area contributed by atoms with Gasteiger partial charge in [0.15, 0.2) is 0 Å². The van der Waals surface area contributed by atoms with Crippen molar-refractivity contribution in [2.45, 2.75) is 31.8 Å². The molecule has 26 heavy (non-hydrogen) atoms. The van der Waals surface area contributed by atoms with Crippen LogP contribution >= 0.6 is 0 Å². The normalized spacial score (nSPS) is 20.9. The van der Waals surface area contributed by atoms with Gasteiger partial charge < -0.3 is 4.90 Å².